The van der Waals surface area contributed by atoms with Gasteiger partial charge in [-0.3, -0.25) is 19.7 Å². The molecule has 1 aliphatic rings. The fourth-order valence-corrected chi connectivity index (χ4v) is 2.55. The number of carbonyl (C=O) groups is 2. The lowest BCUT2D eigenvalue weighted by Gasteiger charge is -2.17. The van der Waals surface area contributed by atoms with Crippen LogP contribution < -0.4 is 5.32 Å². The molecule has 3 rings (SSSR count). The average Bonchev–Trinajstić information content (AvgIpc) is 3.45. The number of hydrogen-bond acceptors (Lipinski definition) is 4. The number of benzene rings is 2. The molecule has 1 N–H and O–H groups in total. The molecule has 2 amide bonds. The quantitative estimate of drug-likeness (QED) is 0.638. The average molecular weight is 353 g/mol. The number of hydrogen-bond donors (Lipinski definition) is 1. The van der Waals surface area contributed by atoms with Crippen molar-refractivity contribution in [3.05, 3.63) is 75.3 Å². The first-order valence-electron chi connectivity index (χ1n) is 8.34. The number of nitro benzene ring substituents is 1. The molecule has 0 spiro atoms. The Hall–Kier alpha value is -3.22. The van der Waals surface area contributed by atoms with E-state index < -0.39 is 4.92 Å². The van der Waals surface area contributed by atoms with Crippen molar-refractivity contribution in [2.24, 2.45) is 0 Å². The van der Waals surface area contributed by atoms with Crippen LogP contribution in [0.5, 0.6) is 0 Å². The molecule has 26 heavy (non-hydrogen) atoms. The molecule has 0 aliphatic heterocycles. The maximum absolute atomic E-state index is 12.4. The minimum Gasteiger partial charge on any atom is -0.349 e. The molecule has 134 valence electrons. The van der Waals surface area contributed by atoms with E-state index in [2.05, 4.69) is 5.32 Å². The molecule has 0 saturated heterocycles. The predicted octanol–water partition coefficient (Wildman–Crippen LogP) is 2.76. The van der Waals surface area contributed by atoms with Crippen LogP contribution in [0.4, 0.5) is 5.69 Å². The molecule has 7 heteroatoms. The molecule has 0 aromatic heterocycles. The number of nitrogens with zero attached hydrogens (tertiary/aromatic N) is 2. The van der Waals surface area contributed by atoms with E-state index in [1.807, 2.05) is 12.1 Å². The van der Waals surface area contributed by atoms with Gasteiger partial charge in [0.1, 0.15) is 0 Å². The minimum absolute atomic E-state index is 0.0516. The maximum Gasteiger partial charge on any atom is 0.269 e. The Labute approximate surface area is 150 Å². The van der Waals surface area contributed by atoms with Crippen LogP contribution in [0.3, 0.4) is 0 Å². The van der Waals surface area contributed by atoms with Crippen LogP contribution in [0.15, 0.2) is 48.5 Å². The summed E-state index contributed by atoms with van der Waals surface area (Å²) >= 11 is 0. The second kappa shape index (κ2) is 7.35. The van der Waals surface area contributed by atoms with Crippen LogP contribution in [0.1, 0.15) is 39.1 Å². The second-order valence-corrected chi connectivity index (χ2v) is 6.41. The van der Waals surface area contributed by atoms with E-state index in [1.54, 1.807) is 19.2 Å². The van der Waals surface area contributed by atoms with Gasteiger partial charge >= 0.3 is 0 Å². The molecule has 0 radical (unpaired) electrons. The number of nitro groups is 1. The Morgan fingerprint density at radius 1 is 1.08 bits per heavy atom. The normalized spacial score (nSPS) is 13.1. The Bertz CT molecular complexity index is 827. The van der Waals surface area contributed by atoms with Gasteiger partial charge < -0.3 is 10.2 Å². The first-order valence-corrected chi connectivity index (χ1v) is 8.34. The molecular weight excluding hydrogens is 334 g/mol. The fourth-order valence-electron chi connectivity index (χ4n) is 2.55. The lowest BCUT2D eigenvalue weighted by Crippen LogP contribution is -2.26. The van der Waals surface area contributed by atoms with E-state index in [0.717, 1.165) is 18.4 Å². The van der Waals surface area contributed by atoms with E-state index in [-0.39, 0.29) is 17.5 Å². The number of carbonyl (C=O) groups excluding carboxylic acids is 2. The van der Waals surface area contributed by atoms with Crippen molar-refractivity contribution in [3.63, 3.8) is 0 Å². The topological polar surface area (TPSA) is 92.6 Å². The molecule has 2 aromatic rings. The highest BCUT2D eigenvalue weighted by atomic mass is 16.6. The van der Waals surface area contributed by atoms with Crippen molar-refractivity contribution in [3.8, 4) is 0 Å². The Morgan fingerprint density at radius 2 is 1.65 bits per heavy atom. The van der Waals surface area contributed by atoms with Gasteiger partial charge in [0.05, 0.1) is 4.92 Å². The van der Waals surface area contributed by atoms with Crippen LogP contribution in [-0.2, 0) is 6.54 Å². The van der Waals surface area contributed by atoms with Gasteiger partial charge in [-0.2, -0.15) is 0 Å². The zero-order valence-electron chi connectivity index (χ0n) is 14.3. The monoisotopic (exact) mass is 353 g/mol. The van der Waals surface area contributed by atoms with Crippen molar-refractivity contribution >= 4 is 17.5 Å². The molecule has 1 aliphatic carbocycles. The van der Waals surface area contributed by atoms with Crippen LogP contribution in [0, 0.1) is 10.1 Å². The summed E-state index contributed by atoms with van der Waals surface area (Å²) in [6.45, 7) is 0.375. The standard InChI is InChI=1S/C19H19N3O4/c1-21(19(24)15-6-10-17(11-7-15)22(25)26)12-13-2-4-14(5-3-13)18(23)20-16-8-9-16/h2-7,10-11,16H,8-9,12H2,1H3,(H,20,23). The third kappa shape index (κ3) is 4.24. The summed E-state index contributed by atoms with van der Waals surface area (Å²) in [5, 5.41) is 13.6. The van der Waals surface area contributed by atoms with Gasteiger partial charge in [-0.05, 0) is 42.7 Å². The van der Waals surface area contributed by atoms with Crippen LogP contribution in [0.25, 0.3) is 0 Å². The van der Waals surface area contributed by atoms with Gasteiger partial charge in [0.2, 0.25) is 0 Å². The van der Waals surface area contributed by atoms with E-state index in [4.69, 9.17) is 0 Å². The number of amides is 2. The molecule has 7 nitrogen and oxygen atoms in total. The molecule has 0 unspecified atom stereocenters. The van der Waals surface area contributed by atoms with Crippen LogP contribution in [0.2, 0.25) is 0 Å². The third-order valence-corrected chi connectivity index (χ3v) is 4.22. The maximum atomic E-state index is 12.4. The number of non-ortho nitro benzene ring substituents is 1. The Balaban J connectivity index is 1.61. The van der Waals surface area contributed by atoms with Crippen LogP contribution >= 0.6 is 0 Å². The second-order valence-electron chi connectivity index (χ2n) is 6.41. The summed E-state index contributed by atoms with van der Waals surface area (Å²) < 4.78 is 0. The van der Waals surface area contributed by atoms with E-state index >= 15 is 0 Å². The largest absolute Gasteiger partial charge is 0.349 e. The first-order chi connectivity index (χ1) is 12.4. The molecule has 1 saturated carbocycles. The summed E-state index contributed by atoms with van der Waals surface area (Å²) in [6.07, 6.45) is 2.08. The van der Waals surface area contributed by atoms with E-state index in [9.17, 15) is 19.7 Å². The highest BCUT2D eigenvalue weighted by Gasteiger charge is 2.23. The van der Waals surface area contributed by atoms with Gasteiger partial charge in [0.25, 0.3) is 17.5 Å². The van der Waals surface area contributed by atoms with Crippen LogP contribution in [-0.4, -0.2) is 34.7 Å². The van der Waals surface area contributed by atoms with Crippen molar-refractivity contribution in [2.45, 2.75) is 25.4 Å². The smallest absolute Gasteiger partial charge is 0.269 e. The Morgan fingerprint density at radius 3 is 2.19 bits per heavy atom. The SMILES string of the molecule is CN(Cc1ccc(C(=O)NC2CC2)cc1)C(=O)c1ccc([N+](=O)[O-])cc1. The summed E-state index contributed by atoms with van der Waals surface area (Å²) in [4.78, 5) is 36.1. The van der Waals surface area contributed by atoms with E-state index in [1.165, 1.54) is 29.2 Å². The molecule has 1 fully saturated rings. The van der Waals surface area contributed by atoms with Crippen molar-refractivity contribution < 1.29 is 14.5 Å². The lowest BCUT2D eigenvalue weighted by molar-refractivity contribution is -0.384. The summed E-state index contributed by atoms with van der Waals surface area (Å²) in [5.41, 5.74) is 1.83. The number of rotatable bonds is 6. The lowest BCUT2D eigenvalue weighted by atomic mass is 10.1. The zero-order valence-corrected chi connectivity index (χ0v) is 14.3. The van der Waals surface area contributed by atoms with Gasteiger partial charge in [0, 0.05) is 42.9 Å². The highest BCUT2D eigenvalue weighted by molar-refractivity contribution is 5.95. The molecule has 0 atom stereocenters. The highest BCUT2D eigenvalue weighted by Crippen LogP contribution is 2.19. The van der Waals surface area contributed by atoms with Gasteiger partial charge in [0.15, 0.2) is 0 Å². The summed E-state index contributed by atoms with van der Waals surface area (Å²) in [7, 11) is 1.66. The molecule has 0 heterocycles. The van der Waals surface area contributed by atoms with Gasteiger partial charge in [-0.15, -0.1) is 0 Å². The summed E-state index contributed by atoms with van der Waals surface area (Å²) in [5.74, 6) is -0.301. The predicted molar refractivity (Wildman–Crippen MR) is 95.8 cm³/mol. The molecule has 0 bridgehead atoms. The third-order valence-electron chi connectivity index (χ3n) is 4.22. The van der Waals surface area contributed by atoms with Crippen molar-refractivity contribution in [2.75, 3.05) is 7.05 Å². The number of nitrogens with one attached hydrogen (secondary N) is 1. The van der Waals surface area contributed by atoms with Gasteiger partial charge in [-0.25, -0.2) is 0 Å². The minimum atomic E-state index is -0.501. The Kier molecular flexibility index (Phi) is 4.97. The van der Waals surface area contributed by atoms with Crippen molar-refractivity contribution in [1.29, 1.82) is 0 Å². The molecule has 2 aromatic carbocycles. The van der Waals surface area contributed by atoms with Crippen molar-refractivity contribution in [1.82, 2.24) is 10.2 Å². The summed E-state index contributed by atoms with van der Waals surface area (Å²) in [6, 6.07) is 13.0. The molecular formula is C19H19N3O4. The van der Waals surface area contributed by atoms with E-state index in [0.29, 0.717) is 23.7 Å². The fraction of sp³-hybridized carbons (Fsp3) is 0.263. The zero-order chi connectivity index (χ0) is 18.7. The first kappa shape index (κ1) is 17.6. The van der Waals surface area contributed by atoms with Gasteiger partial charge in [-0.1, -0.05) is 12.1 Å².